The molecule has 2 aliphatic heterocycles. The predicted molar refractivity (Wildman–Crippen MR) is 157 cm³/mol. The van der Waals surface area contributed by atoms with Gasteiger partial charge in [0.15, 0.2) is 17.1 Å². The molecule has 1 N–H and O–H groups in total. The molecule has 0 radical (unpaired) electrons. The molecule has 1 saturated heterocycles. The zero-order valence-electron chi connectivity index (χ0n) is 22.8. The van der Waals surface area contributed by atoms with Gasteiger partial charge in [0.2, 0.25) is 18.6 Å². The number of rotatable bonds is 7. The van der Waals surface area contributed by atoms with Crippen LogP contribution in [0.1, 0.15) is 30.6 Å². The fourth-order valence-electron chi connectivity index (χ4n) is 4.53. The van der Waals surface area contributed by atoms with E-state index in [2.05, 4.69) is 5.32 Å². The van der Waals surface area contributed by atoms with Gasteiger partial charge in [0, 0.05) is 30.3 Å². The number of hydrogen-bond donors (Lipinski definition) is 1. The second-order valence-corrected chi connectivity index (χ2v) is 10.1. The summed E-state index contributed by atoms with van der Waals surface area (Å²) in [6.45, 7) is 2.19. The van der Waals surface area contributed by atoms with Gasteiger partial charge < -0.3 is 28.5 Å². The lowest BCUT2D eigenvalue weighted by Gasteiger charge is -2.25. The van der Waals surface area contributed by atoms with E-state index in [4.69, 9.17) is 29.9 Å². The number of oxazole rings is 1. The van der Waals surface area contributed by atoms with Crippen molar-refractivity contribution in [3.8, 4) is 11.5 Å². The van der Waals surface area contributed by atoms with Gasteiger partial charge in [0.25, 0.3) is 0 Å². The Bertz CT molecular complexity index is 1650. The smallest absolute Gasteiger partial charge is 0.420 e. The van der Waals surface area contributed by atoms with Crippen LogP contribution in [0.5, 0.6) is 11.5 Å². The minimum absolute atomic E-state index is 0.102. The number of nitrogens with zero attached hydrogens (tertiary/aromatic N) is 2. The first-order chi connectivity index (χ1) is 20.5. The Morgan fingerprint density at radius 3 is 2.62 bits per heavy atom. The molecule has 218 valence electrons. The molecular formula is C31H30ClN3O7. The number of carbonyl (C=O) groups is 2. The van der Waals surface area contributed by atoms with Crippen molar-refractivity contribution in [2.45, 2.75) is 32.4 Å². The second kappa shape index (κ2) is 13.8. The molecule has 2 aromatic carbocycles. The fraction of sp³-hybridized carbons (Fsp3) is 0.258. The number of fused-ring (bicyclic) bond motifs is 2. The van der Waals surface area contributed by atoms with E-state index in [1.165, 1.54) is 23.3 Å². The summed E-state index contributed by atoms with van der Waals surface area (Å²) in [5, 5.41) is 3.13. The van der Waals surface area contributed by atoms with Crippen molar-refractivity contribution in [3.63, 3.8) is 0 Å². The fourth-order valence-corrected chi connectivity index (χ4v) is 4.69. The topological polar surface area (TPSA) is 116 Å². The van der Waals surface area contributed by atoms with E-state index in [1.807, 2.05) is 35.3 Å². The molecule has 10 nitrogen and oxygen atoms in total. The second-order valence-electron chi connectivity index (χ2n) is 9.64. The minimum Gasteiger partial charge on any atom is -0.467 e. The van der Waals surface area contributed by atoms with Crippen LogP contribution in [-0.2, 0) is 22.7 Å². The maximum absolute atomic E-state index is 11.9. The molecule has 2 aromatic heterocycles. The third-order valence-electron chi connectivity index (χ3n) is 6.67. The first kappa shape index (κ1) is 28.8. The quantitative estimate of drug-likeness (QED) is 0.233. The molecular weight excluding hydrogens is 562 g/mol. The van der Waals surface area contributed by atoms with E-state index < -0.39 is 5.76 Å². The van der Waals surface area contributed by atoms with Crippen LogP contribution in [0.15, 0.2) is 86.7 Å². The van der Waals surface area contributed by atoms with Crippen molar-refractivity contribution in [1.29, 1.82) is 0 Å². The summed E-state index contributed by atoms with van der Waals surface area (Å²) in [6.07, 6.45) is 12.2. The summed E-state index contributed by atoms with van der Waals surface area (Å²) < 4.78 is 22.0. The Morgan fingerprint density at radius 2 is 1.81 bits per heavy atom. The Morgan fingerprint density at radius 1 is 0.976 bits per heavy atom. The van der Waals surface area contributed by atoms with E-state index >= 15 is 0 Å². The van der Waals surface area contributed by atoms with Gasteiger partial charge in [-0.1, -0.05) is 35.9 Å². The van der Waals surface area contributed by atoms with Crippen molar-refractivity contribution in [1.82, 2.24) is 14.8 Å². The van der Waals surface area contributed by atoms with Crippen LogP contribution in [0.4, 0.5) is 0 Å². The van der Waals surface area contributed by atoms with E-state index in [-0.39, 0.29) is 31.7 Å². The number of allylic oxidation sites excluding steroid dienone is 2. The third kappa shape index (κ3) is 7.52. The molecule has 42 heavy (non-hydrogen) atoms. The number of aromatic nitrogens is 1. The Kier molecular flexibility index (Phi) is 9.45. The largest absolute Gasteiger partial charge is 0.467 e. The molecule has 4 heterocycles. The van der Waals surface area contributed by atoms with Gasteiger partial charge in [-0.15, -0.1) is 0 Å². The Labute approximate surface area is 246 Å². The molecule has 4 aromatic rings. The van der Waals surface area contributed by atoms with Crippen molar-refractivity contribution in [3.05, 3.63) is 99.9 Å². The Hall–Kier alpha value is -4.70. The number of furan rings is 1. The molecule has 0 spiro atoms. The summed E-state index contributed by atoms with van der Waals surface area (Å²) >= 11 is 5.83. The minimum atomic E-state index is -0.597. The van der Waals surface area contributed by atoms with Gasteiger partial charge in [0.1, 0.15) is 12.3 Å². The highest BCUT2D eigenvalue weighted by atomic mass is 35.5. The first-order valence-electron chi connectivity index (χ1n) is 13.6. The standard InChI is InChI=1S/C17H19NO3.C14H11ClN2O4/c19-17(18-10-4-1-5-11-18)7-3-2-6-14-8-9-15-16(12-14)21-13-20-15;15-9-3-4-11-12(6-9)21-14(19)17(11)8-13(18)16-7-10-2-1-5-20-10/h2-3,6-9,12H,1,4-5,10-11,13H2;1-6H,7-8H2,(H,16,18). The normalized spacial score (nSPS) is 14.4. The zero-order valence-corrected chi connectivity index (χ0v) is 23.5. The summed E-state index contributed by atoms with van der Waals surface area (Å²) in [4.78, 5) is 37.5. The number of ether oxygens (including phenoxy) is 2. The van der Waals surface area contributed by atoms with E-state index in [0.29, 0.717) is 21.9 Å². The van der Waals surface area contributed by atoms with Crippen LogP contribution in [0.25, 0.3) is 17.2 Å². The average Bonchev–Trinajstić information content (AvgIpc) is 3.75. The van der Waals surface area contributed by atoms with Crippen molar-refractivity contribution in [2.75, 3.05) is 19.9 Å². The van der Waals surface area contributed by atoms with Gasteiger partial charge >= 0.3 is 5.76 Å². The molecule has 0 atom stereocenters. The van der Waals surface area contributed by atoms with Crippen molar-refractivity contribution < 1.29 is 27.9 Å². The number of likely N-dealkylation sites (tertiary alicyclic amines) is 1. The Balaban J connectivity index is 0.000000168. The maximum Gasteiger partial charge on any atom is 0.420 e. The number of nitrogens with one attached hydrogen (secondary N) is 1. The van der Waals surface area contributed by atoms with Gasteiger partial charge in [-0.3, -0.25) is 14.2 Å². The zero-order chi connectivity index (χ0) is 29.3. The summed E-state index contributed by atoms with van der Waals surface area (Å²) in [5.41, 5.74) is 1.90. The molecule has 0 aliphatic carbocycles. The molecule has 0 bridgehead atoms. The molecule has 0 unspecified atom stereocenters. The molecule has 11 heteroatoms. The maximum atomic E-state index is 11.9. The number of carbonyl (C=O) groups excluding carboxylic acids is 2. The van der Waals surface area contributed by atoms with Crippen LogP contribution >= 0.6 is 11.6 Å². The van der Waals surface area contributed by atoms with Crippen LogP contribution in [-0.4, -0.2) is 41.2 Å². The summed E-state index contributed by atoms with van der Waals surface area (Å²) in [5.74, 6) is 1.38. The van der Waals surface area contributed by atoms with Crippen LogP contribution in [0.2, 0.25) is 5.02 Å². The highest BCUT2D eigenvalue weighted by molar-refractivity contribution is 6.31. The number of piperidine rings is 1. The average molecular weight is 592 g/mol. The highest BCUT2D eigenvalue weighted by Gasteiger charge is 2.15. The lowest BCUT2D eigenvalue weighted by atomic mass is 10.1. The van der Waals surface area contributed by atoms with Crippen LogP contribution in [0, 0.1) is 0 Å². The van der Waals surface area contributed by atoms with E-state index in [0.717, 1.165) is 43.0 Å². The summed E-state index contributed by atoms with van der Waals surface area (Å²) in [6, 6.07) is 14.1. The number of amides is 2. The van der Waals surface area contributed by atoms with Crippen molar-refractivity contribution >= 4 is 40.6 Å². The lowest BCUT2D eigenvalue weighted by molar-refractivity contribution is -0.127. The number of halogens is 1. The lowest BCUT2D eigenvalue weighted by Crippen LogP contribution is -2.34. The number of benzene rings is 2. The van der Waals surface area contributed by atoms with E-state index in [1.54, 1.807) is 36.4 Å². The van der Waals surface area contributed by atoms with E-state index in [9.17, 15) is 14.4 Å². The van der Waals surface area contributed by atoms with Gasteiger partial charge in [-0.05, 0) is 61.2 Å². The highest BCUT2D eigenvalue weighted by Crippen LogP contribution is 2.32. The van der Waals surface area contributed by atoms with Gasteiger partial charge in [0.05, 0.1) is 18.3 Å². The van der Waals surface area contributed by atoms with Crippen LogP contribution < -0.4 is 20.5 Å². The number of hydrogen-bond acceptors (Lipinski definition) is 7. The molecule has 6 rings (SSSR count). The third-order valence-corrected chi connectivity index (χ3v) is 6.91. The van der Waals surface area contributed by atoms with Crippen LogP contribution in [0.3, 0.4) is 0 Å². The van der Waals surface area contributed by atoms with Gasteiger partial charge in [-0.25, -0.2) is 4.79 Å². The SMILES string of the molecule is O=C(C=CC=Cc1ccc2c(c1)OCO2)N1CCCCC1.O=C(Cn1c(=O)oc2cc(Cl)ccc21)NCc1ccco1. The molecule has 0 saturated carbocycles. The monoisotopic (exact) mass is 591 g/mol. The molecule has 2 aliphatic rings. The molecule has 1 fully saturated rings. The molecule has 2 amide bonds. The van der Waals surface area contributed by atoms with Crippen molar-refractivity contribution in [2.24, 2.45) is 0 Å². The summed E-state index contributed by atoms with van der Waals surface area (Å²) in [7, 11) is 0. The predicted octanol–water partition coefficient (Wildman–Crippen LogP) is 5.15. The van der Waals surface area contributed by atoms with Gasteiger partial charge in [-0.2, -0.15) is 0 Å². The first-order valence-corrected chi connectivity index (χ1v) is 14.0.